The number of nitrogens with zero attached hydrogens (tertiary/aromatic N) is 2. The Balaban J connectivity index is 1.72. The van der Waals surface area contributed by atoms with E-state index in [4.69, 9.17) is 10.00 Å². The van der Waals surface area contributed by atoms with Crippen molar-refractivity contribution < 1.29 is 14.2 Å². The molecule has 2 heterocycles. The monoisotopic (exact) mass is 304 g/mol. The van der Waals surface area contributed by atoms with Gasteiger partial charge in [0, 0.05) is 30.7 Å². The molecular weight excluding hydrogens is 283 g/mol. The van der Waals surface area contributed by atoms with Crippen molar-refractivity contribution in [1.29, 1.82) is 5.26 Å². The zero-order valence-corrected chi connectivity index (χ0v) is 12.5. The van der Waals surface area contributed by atoms with E-state index in [1.54, 1.807) is 12.1 Å². The van der Waals surface area contributed by atoms with Gasteiger partial charge >= 0.3 is 0 Å². The average molecular weight is 304 g/mol. The summed E-state index contributed by atoms with van der Waals surface area (Å²) in [7, 11) is 0. The van der Waals surface area contributed by atoms with Crippen molar-refractivity contribution in [2.24, 2.45) is 5.92 Å². The third-order valence-electron chi connectivity index (χ3n) is 4.83. The Morgan fingerprint density at radius 3 is 3.00 bits per heavy atom. The lowest BCUT2D eigenvalue weighted by Crippen LogP contribution is -2.45. The second-order valence-corrected chi connectivity index (χ2v) is 6.19. The zero-order chi connectivity index (χ0) is 15.5. The van der Waals surface area contributed by atoms with E-state index in [1.165, 1.54) is 6.07 Å². The highest BCUT2D eigenvalue weighted by molar-refractivity contribution is 5.32. The minimum atomic E-state index is -0.329. The molecule has 2 aliphatic rings. The molecule has 3 rings (SSSR count). The number of aliphatic hydroxyl groups is 1. The van der Waals surface area contributed by atoms with Gasteiger partial charge < -0.3 is 9.84 Å². The number of likely N-dealkylation sites (tertiary alicyclic amines) is 1. The van der Waals surface area contributed by atoms with Gasteiger partial charge in [-0.2, -0.15) is 5.26 Å². The number of hydrogen-bond acceptors (Lipinski definition) is 4. The van der Waals surface area contributed by atoms with Gasteiger partial charge in [-0.3, -0.25) is 4.90 Å². The maximum absolute atomic E-state index is 14.1. The summed E-state index contributed by atoms with van der Waals surface area (Å²) >= 11 is 0. The number of halogens is 1. The van der Waals surface area contributed by atoms with E-state index in [9.17, 15) is 9.50 Å². The second kappa shape index (κ2) is 6.74. The molecule has 0 amide bonds. The first kappa shape index (κ1) is 15.4. The fourth-order valence-corrected chi connectivity index (χ4v) is 3.61. The summed E-state index contributed by atoms with van der Waals surface area (Å²) in [4.78, 5) is 2.24. The topological polar surface area (TPSA) is 56.5 Å². The standard InChI is InChI=1S/C17H21FN2O2/c18-15-8-12(9-19)3-4-13(15)10-20-6-1-2-16(20)14-11-22-7-5-17(14)21/h3-4,8,14,16-17,21H,1-2,5-7,10-11H2/t14-,16+,17+/m0/s1. The molecule has 0 unspecified atom stereocenters. The van der Waals surface area contributed by atoms with E-state index in [0.717, 1.165) is 19.4 Å². The molecule has 0 saturated carbocycles. The van der Waals surface area contributed by atoms with Gasteiger partial charge in [0.25, 0.3) is 0 Å². The summed E-state index contributed by atoms with van der Waals surface area (Å²) in [6, 6.07) is 6.83. The lowest BCUT2D eigenvalue weighted by Gasteiger charge is -2.37. The van der Waals surface area contributed by atoms with Gasteiger partial charge in [-0.15, -0.1) is 0 Å². The van der Waals surface area contributed by atoms with Crippen molar-refractivity contribution in [2.75, 3.05) is 19.8 Å². The van der Waals surface area contributed by atoms with Gasteiger partial charge in [0.15, 0.2) is 0 Å². The van der Waals surface area contributed by atoms with Crippen LogP contribution in [0.15, 0.2) is 18.2 Å². The highest BCUT2D eigenvalue weighted by Crippen LogP contribution is 2.31. The van der Waals surface area contributed by atoms with E-state index >= 15 is 0 Å². The van der Waals surface area contributed by atoms with Crippen LogP contribution in [0.3, 0.4) is 0 Å². The van der Waals surface area contributed by atoms with Crippen LogP contribution in [0.5, 0.6) is 0 Å². The lowest BCUT2D eigenvalue weighted by atomic mass is 9.89. The number of nitriles is 1. The molecular formula is C17H21FN2O2. The number of aliphatic hydroxyl groups excluding tert-OH is 1. The van der Waals surface area contributed by atoms with Crippen molar-refractivity contribution in [1.82, 2.24) is 4.90 Å². The van der Waals surface area contributed by atoms with Crippen LogP contribution in [-0.4, -0.2) is 41.9 Å². The van der Waals surface area contributed by atoms with E-state index < -0.39 is 0 Å². The van der Waals surface area contributed by atoms with Crippen LogP contribution in [0.25, 0.3) is 0 Å². The maximum Gasteiger partial charge on any atom is 0.129 e. The molecule has 0 spiro atoms. The molecule has 2 aliphatic heterocycles. The minimum Gasteiger partial charge on any atom is -0.393 e. The van der Waals surface area contributed by atoms with Crippen LogP contribution in [0.2, 0.25) is 0 Å². The Kier molecular flexibility index (Phi) is 4.72. The molecule has 0 aromatic heterocycles. The Morgan fingerprint density at radius 2 is 2.27 bits per heavy atom. The third-order valence-corrected chi connectivity index (χ3v) is 4.83. The molecule has 2 saturated heterocycles. The Bertz CT molecular complexity index is 572. The van der Waals surface area contributed by atoms with Crippen molar-refractivity contribution in [2.45, 2.75) is 38.0 Å². The number of hydrogen-bond donors (Lipinski definition) is 1. The maximum atomic E-state index is 14.1. The van der Waals surface area contributed by atoms with Gasteiger partial charge in [-0.25, -0.2) is 4.39 Å². The molecule has 4 nitrogen and oxygen atoms in total. The van der Waals surface area contributed by atoms with E-state index in [-0.39, 0.29) is 23.9 Å². The lowest BCUT2D eigenvalue weighted by molar-refractivity contribution is -0.0636. The Morgan fingerprint density at radius 1 is 1.41 bits per heavy atom. The van der Waals surface area contributed by atoms with E-state index in [0.29, 0.717) is 37.3 Å². The summed E-state index contributed by atoms with van der Waals surface area (Å²) in [5, 5.41) is 19.0. The molecule has 1 N–H and O–H groups in total. The molecule has 1 aromatic carbocycles. The molecule has 5 heteroatoms. The summed E-state index contributed by atoms with van der Waals surface area (Å²) in [5.41, 5.74) is 0.951. The first-order valence-electron chi connectivity index (χ1n) is 7.87. The molecule has 1 aromatic rings. The predicted octanol–water partition coefficient (Wildman–Crippen LogP) is 2.06. The second-order valence-electron chi connectivity index (χ2n) is 6.19. The number of benzene rings is 1. The Hall–Kier alpha value is -1.48. The smallest absolute Gasteiger partial charge is 0.129 e. The highest BCUT2D eigenvalue weighted by atomic mass is 19.1. The van der Waals surface area contributed by atoms with Crippen LogP contribution in [0, 0.1) is 23.1 Å². The SMILES string of the molecule is N#Cc1ccc(CN2CCC[C@@H]2[C@@H]2COCC[C@H]2O)c(F)c1. The normalized spacial score (nSPS) is 29.4. The fraction of sp³-hybridized carbons (Fsp3) is 0.588. The van der Waals surface area contributed by atoms with Crippen LogP contribution in [-0.2, 0) is 11.3 Å². The highest BCUT2D eigenvalue weighted by Gasteiger charge is 2.37. The van der Waals surface area contributed by atoms with Gasteiger partial charge in [-0.1, -0.05) is 6.07 Å². The summed E-state index contributed by atoms with van der Waals surface area (Å²) < 4.78 is 19.6. The molecule has 0 bridgehead atoms. The molecule has 22 heavy (non-hydrogen) atoms. The van der Waals surface area contributed by atoms with Gasteiger partial charge in [-0.05, 0) is 37.9 Å². The summed E-state index contributed by atoms with van der Waals surface area (Å²) in [6.07, 6.45) is 2.43. The summed E-state index contributed by atoms with van der Waals surface area (Å²) in [6.45, 7) is 2.63. The quantitative estimate of drug-likeness (QED) is 0.928. The van der Waals surface area contributed by atoms with Gasteiger partial charge in [0.2, 0.25) is 0 Å². The van der Waals surface area contributed by atoms with Crippen LogP contribution < -0.4 is 0 Å². The van der Waals surface area contributed by atoms with Crippen LogP contribution >= 0.6 is 0 Å². The predicted molar refractivity (Wildman–Crippen MR) is 79.5 cm³/mol. The molecule has 0 radical (unpaired) electrons. The van der Waals surface area contributed by atoms with Crippen molar-refractivity contribution >= 4 is 0 Å². The molecule has 0 aliphatic carbocycles. The molecule has 118 valence electrons. The molecule has 2 fully saturated rings. The number of rotatable bonds is 3. The third kappa shape index (κ3) is 3.14. The van der Waals surface area contributed by atoms with Crippen molar-refractivity contribution in [3.63, 3.8) is 0 Å². The molecule has 3 atom stereocenters. The van der Waals surface area contributed by atoms with Gasteiger partial charge in [0.05, 0.1) is 24.3 Å². The minimum absolute atomic E-state index is 0.109. The van der Waals surface area contributed by atoms with E-state index in [1.807, 2.05) is 6.07 Å². The van der Waals surface area contributed by atoms with Gasteiger partial charge in [0.1, 0.15) is 5.82 Å². The van der Waals surface area contributed by atoms with E-state index in [2.05, 4.69) is 4.90 Å². The Labute approximate surface area is 130 Å². The van der Waals surface area contributed by atoms with Crippen LogP contribution in [0.4, 0.5) is 4.39 Å². The van der Waals surface area contributed by atoms with Crippen LogP contribution in [0.1, 0.15) is 30.4 Å². The zero-order valence-electron chi connectivity index (χ0n) is 12.5. The fourth-order valence-electron chi connectivity index (χ4n) is 3.61. The average Bonchev–Trinajstić information content (AvgIpc) is 2.98. The van der Waals surface area contributed by atoms with Crippen molar-refractivity contribution in [3.05, 3.63) is 35.1 Å². The summed E-state index contributed by atoms with van der Waals surface area (Å²) in [5.74, 6) is -0.220. The number of ether oxygens (including phenoxy) is 1. The van der Waals surface area contributed by atoms with Crippen molar-refractivity contribution in [3.8, 4) is 6.07 Å². The first-order chi connectivity index (χ1) is 10.7. The first-order valence-corrected chi connectivity index (χ1v) is 7.87. The largest absolute Gasteiger partial charge is 0.393 e.